The molecule has 0 aliphatic rings. The van der Waals surface area contributed by atoms with E-state index < -0.39 is 0 Å². The predicted molar refractivity (Wildman–Crippen MR) is 92.3 cm³/mol. The van der Waals surface area contributed by atoms with E-state index in [2.05, 4.69) is 15.9 Å². The molecule has 0 spiro atoms. The molecule has 0 aliphatic heterocycles. The largest absolute Gasteiger partial charge is 0.488 e. The Morgan fingerprint density at radius 1 is 1.19 bits per heavy atom. The number of ether oxygens (including phenoxy) is 1. The number of benzene rings is 2. The van der Waals surface area contributed by atoms with Crippen LogP contribution in [0, 0.1) is 0 Å². The normalized spacial score (nSPS) is 12.2. The first-order valence-electron chi connectivity index (χ1n) is 6.56. The third-order valence-electron chi connectivity index (χ3n) is 2.94. The van der Waals surface area contributed by atoms with Gasteiger partial charge in [-0.15, -0.1) is 0 Å². The molecule has 0 bridgehead atoms. The van der Waals surface area contributed by atoms with Gasteiger partial charge in [0.25, 0.3) is 0 Å². The van der Waals surface area contributed by atoms with Crippen LogP contribution in [-0.2, 0) is 13.0 Å². The highest BCUT2D eigenvalue weighted by molar-refractivity contribution is 9.10. The van der Waals surface area contributed by atoms with Gasteiger partial charge in [-0.1, -0.05) is 29.3 Å². The fraction of sp³-hybridized carbons (Fsp3) is 0.250. The van der Waals surface area contributed by atoms with Crippen molar-refractivity contribution < 1.29 is 4.74 Å². The molecule has 112 valence electrons. The summed E-state index contributed by atoms with van der Waals surface area (Å²) in [5, 5.41) is 1.29. The van der Waals surface area contributed by atoms with Crippen molar-refractivity contribution in [1.29, 1.82) is 0 Å². The second-order valence-electron chi connectivity index (χ2n) is 4.97. The van der Waals surface area contributed by atoms with Crippen molar-refractivity contribution in [2.24, 2.45) is 5.73 Å². The van der Waals surface area contributed by atoms with E-state index >= 15 is 0 Å². The zero-order valence-corrected chi connectivity index (χ0v) is 14.7. The van der Waals surface area contributed by atoms with Crippen LogP contribution in [-0.4, -0.2) is 6.04 Å². The van der Waals surface area contributed by atoms with Crippen LogP contribution in [0.4, 0.5) is 0 Å². The molecule has 0 aromatic heterocycles. The van der Waals surface area contributed by atoms with E-state index in [1.54, 1.807) is 12.1 Å². The lowest BCUT2D eigenvalue weighted by Crippen LogP contribution is -2.17. The van der Waals surface area contributed by atoms with Gasteiger partial charge in [0, 0.05) is 21.7 Å². The summed E-state index contributed by atoms with van der Waals surface area (Å²) in [4.78, 5) is 0. The van der Waals surface area contributed by atoms with Crippen LogP contribution in [0.1, 0.15) is 18.1 Å². The summed E-state index contributed by atoms with van der Waals surface area (Å²) in [5.74, 6) is 0.763. The Morgan fingerprint density at radius 2 is 1.95 bits per heavy atom. The smallest absolute Gasteiger partial charge is 0.134 e. The van der Waals surface area contributed by atoms with E-state index in [-0.39, 0.29) is 6.04 Å². The van der Waals surface area contributed by atoms with E-state index in [1.807, 2.05) is 31.2 Å². The molecular weight excluding hydrogens is 373 g/mol. The van der Waals surface area contributed by atoms with Crippen LogP contribution in [0.3, 0.4) is 0 Å². The molecule has 0 fully saturated rings. The van der Waals surface area contributed by atoms with E-state index in [4.69, 9.17) is 33.7 Å². The molecule has 0 radical (unpaired) electrons. The topological polar surface area (TPSA) is 35.2 Å². The van der Waals surface area contributed by atoms with E-state index in [9.17, 15) is 0 Å². The Balaban J connectivity index is 2.08. The third-order valence-corrected chi connectivity index (χ3v) is 4.17. The highest BCUT2D eigenvalue weighted by atomic mass is 79.9. The highest BCUT2D eigenvalue weighted by Crippen LogP contribution is 2.28. The molecule has 0 heterocycles. The second kappa shape index (κ2) is 7.50. The highest BCUT2D eigenvalue weighted by Gasteiger charge is 2.07. The number of halogens is 3. The number of nitrogens with two attached hydrogens (primary N) is 1. The molecule has 0 aliphatic carbocycles. The van der Waals surface area contributed by atoms with Gasteiger partial charge in [-0.25, -0.2) is 0 Å². The molecule has 0 saturated carbocycles. The van der Waals surface area contributed by atoms with Crippen LogP contribution in [0.2, 0.25) is 10.0 Å². The predicted octanol–water partition coefficient (Wildman–Crippen LogP) is 5.22. The molecule has 2 N–H and O–H groups in total. The first-order valence-corrected chi connectivity index (χ1v) is 8.11. The van der Waals surface area contributed by atoms with Crippen molar-refractivity contribution in [3.05, 3.63) is 62.0 Å². The van der Waals surface area contributed by atoms with Crippen molar-refractivity contribution in [3.63, 3.8) is 0 Å². The van der Waals surface area contributed by atoms with Gasteiger partial charge in [-0.3, -0.25) is 0 Å². The van der Waals surface area contributed by atoms with E-state index in [0.29, 0.717) is 16.7 Å². The number of hydrogen-bond donors (Lipinski definition) is 1. The van der Waals surface area contributed by atoms with Gasteiger partial charge in [-0.2, -0.15) is 0 Å². The fourth-order valence-electron chi connectivity index (χ4n) is 1.97. The van der Waals surface area contributed by atoms with Crippen molar-refractivity contribution in [1.82, 2.24) is 0 Å². The molecule has 21 heavy (non-hydrogen) atoms. The number of rotatable bonds is 5. The Bertz CT molecular complexity index is 632. The summed E-state index contributed by atoms with van der Waals surface area (Å²) in [6.45, 7) is 2.35. The molecule has 0 saturated heterocycles. The van der Waals surface area contributed by atoms with Gasteiger partial charge in [-0.05, 0) is 65.2 Å². The Hall–Kier alpha value is -0.740. The summed E-state index contributed by atoms with van der Waals surface area (Å²) in [6.07, 6.45) is 0.832. The third kappa shape index (κ3) is 4.89. The first kappa shape index (κ1) is 16.6. The minimum Gasteiger partial charge on any atom is -0.488 e. The van der Waals surface area contributed by atoms with Crippen LogP contribution in [0.15, 0.2) is 40.9 Å². The van der Waals surface area contributed by atoms with Gasteiger partial charge in [0.2, 0.25) is 0 Å². The maximum Gasteiger partial charge on any atom is 0.134 e. The summed E-state index contributed by atoms with van der Waals surface area (Å²) in [5.41, 5.74) is 7.83. The average molecular weight is 389 g/mol. The fourth-order valence-corrected chi connectivity index (χ4v) is 2.88. The SMILES string of the molecule is CC(N)Cc1ccc(OCc2cc(Cl)ccc2Cl)c(Br)c1. The molecule has 1 unspecified atom stereocenters. The second-order valence-corrected chi connectivity index (χ2v) is 6.67. The van der Waals surface area contributed by atoms with E-state index in [0.717, 1.165) is 22.2 Å². The summed E-state index contributed by atoms with van der Waals surface area (Å²) in [6, 6.07) is 11.4. The monoisotopic (exact) mass is 387 g/mol. The van der Waals surface area contributed by atoms with Crippen LogP contribution in [0.25, 0.3) is 0 Å². The van der Waals surface area contributed by atoms with Crippen molar-refractivity contribution >= 4 is 39.1 Å². The van der Waals surface area contributed by atoms with Crippen LogP contribution < -0.4 is 10.5 Å². The maximum atomic E-state index is 6.12. The molecule has 2 rings (SSSR count). The first-order chi connectivity index (χ1) is 9.95. The Kier molecular flexibility index (Phi) is 5.94. The van der Waals surface area contributed by atoms with Gasteiger partial charge in [0.15, 0.2) is 0 Å². The zero-order chi connectivity index (χ0) is 15.4. The molecule has 2 nitrogen and oxygen atoms in total. The average Bonchev–Trinajstić information content (AvgIpc) is 2.41. The molecule has 2 aromatic rings. The van der Waals surface area contributed by atoms with Crippen molar-refractivity contribution in [3.8, 4) is 5.75 Å². The number of hydrogen-bond acceptors (Lipinski definition) is 2. The Labute approximate surface area is 143 Å². The lowest BCUT2D eigenvalue weighted by atomic mass is 10.1. The molecule has 5 heteroatoms. The van der Waals surface area contributed by atoms with Crippen LogP contribution in [0.5, 0.6) is 5.75 Å². The standard InChI is InChI=1S/C16H16BrCl2NO/c1-10(20)6-11-2-5-16(14(17)7-11)21-9-12-8-13(18)3-4-15(12)19/h2-5,7-8,10H,6,9,20H2,1H3. The van der Waals surface area contributed by atoms with Gasteiger partial charge in [0.1, 0.15) is 12.4 Å². The molecule has 2 aromatic carbocycles. The van der Waals surface area contributed by atoms with E-state index in [1.165, 1.54) is 5.56 Å². The lowest BCUT2D eigenvalue weighted by molar-refractivity contribution is 0.304. The van der Waals surface area contributed by atoms with Crippen molar-refractivity contribution in [2.75, 3.05) is 0 Å². The van der Waals surface area contributed by atoms with Gasteiger partial charge in [0.05, 0.1) is 4.47 Å². The lowest BCUT2D eigenvalue weighted by Gasteiger charge is -2.12. The molecular formula is C16H16BrCl2NO. The summed E-state index contributed by atoms with van der Waals surface area (Å²) >= 11 is 15.6. The van der Waals surface area contributed by atoms with Gasteiger partial charge < -0.3 is 10.5 Å². The van der Waals surface area contributed by atoms with Crippen molar-refractivity contribution in [2.45, 2.75) is 26.0 Å². The van der Waals surface area contributed by atoms with Crippen LogP contribution >= 0.6 is 39.1 Å². The molecule has 1 atom stereocenters. The quantitative estimate of drug-likeness (QED) is 0.761. The minimum atomic E-state index is 0.133. The maximum absolute atomic E-state index is 6.12. The summed E-state index contributed by atoms with van der Waals surface area (Å²) < 4.78 is 6.70. The minimum absolute atomic E-state index is 0.133. The van der Waals surface area contributed by atoms with Gasteiger partial charge >= 0.3 is 0 Å². The Morgan fingerprint density at radius 3 is 2.62 bits per heavy atom. The molecule has 0 amide bonds. The summed E-state index contributed by atoms with van der Waals surface area (Å²) in [7, 11) is 0. The zero-order valence-electron chi connectivity index (χ0n) is 11.6.